The van der Waals surface area contributed by atoms with E-state index in [-0.39, 0.29) is 11.6 Å². The van der Waals surface area contributed by atoms with Crippen LogP contribution in [0.2, 0.25) is 0 Å². The second-order valence-corrected chi connectivity index (χ2v) is 9.18. The topological polar surface area (TPSA) is 34.1 Å². The maximum Gasteiger partial charge on any atom is 0.185 e. The Morgan fingerprint density at radius 2 is 0.806 bits per heavy atom. The quantitative estimate of drug-likeness (QED) is 0.106. The molecule has 3 aromatic carbocycles. The van der Waals surface area contributed by atoms with Crippen LogP contribution in [0.3, 0.4) is 0 Å². The van der Waals surface area contributed by atoms with Crippen LogP contribution in [-0.2, 0) is 0 Å². The smallest absolute Gasteiger partial charge is 0.185 e. The van der Waals surface area contributed by atoms with Gasteiger partial charge in [0.25, 0.3) is 0 Å². The van der Waals surface area contributed by atoms with Gasteiger partial charge in [0.15, 0.2) is 11.6 Å². The van der Waals surface area contributed by atoms with E-state index in [4.69, 9.17) is 0 Å². The van der Waals surface area contributed by atoms with Crippen molar-refractivity contribution in [1.29, 1.82) is 0 Å². The highest BCUT2D eigenvalue weighted by atomic mass is 32.2. The maximum atomic E-state index is 12.0. The summed E-state index contributed by atoms with van der Waals surface area (Å²) in [6.07, 6.45) is 18.0. The van der Waals surface area contributed by atoms with Gasteiger partial charge in [0.2, 0.25) is 0 Å². The van der Waals surface area contributed by atoms with E-state index in [0.29, 0.717) is 11.1 Å². The number of carbonyl (C=O) groups is 2. The normalized spacial score (nSPS) is 12.2. The van der Waals surface area contributed by atoms with Crippen molar-refractivity contribution < 1.29 is 9.59 Å². The molecule has 0 aliphatic rings. The van der Waals surface area contributed by atoms with Gasteiger partial charge in [0.1, 0.15) is 0 Å². The number of thioether (sulfide) groups is 2. The molecular weight excluding hydrogens is 480 g/mol. The molecule has 0 amide bonds. The second kappa shape index (κ2) is 15.9. The van der Waals surface area contributed by atoms with Gasteiger partial charge in [-0.2, -0.15) is 0 Å². The molecular formula is C32H26O2S2. The summed E-state index contributed by atoms with van der Waals surface area (Å²) >= 11 is 3.27. The van der Waals surface area contributed by atoms with Gasteiger partial charge in [-0.05, 0) is 35.1 Å². The van der Waals surface area contributed by atoms with Crippen LogP contribution >= 0.6 is 23.5 Å². The predicted octanol–water partition coefficient (Wildman–Crippen LogP) is 8.89. The Balaban J connectivity index is 1.43. The highest BCUT2D eigenvalue weighted by molar-refractivity contribution is 8.05. The number of ketones is 2. The van der Waals surface area contributed by atoms with Crippen LogP contribution in [0, 0.1) is 0 Å². The fraction of sp³-hybridized carbons (Fsp3) is 0. The van der Waals surface area contributed by atoms with Gasteiger partial charge in [0.05, 0.1) is 0 Å². The Labute approximate surface area is 221 Å². The van der Waals surface area contributed by atoms with E-state index in [2.05, 4.69) is 12.1 Å². The van der Waals surface area contributed by atoms with E-state index < -0.39 is 0 Å². The molecule has 0 aromatic heterocycles. The zero-order chi connectivity index (χ0) is 25.3. The van der Waals surface area contributed by atoms with Gasteiger partial charge >= 0.3 is 0 Å². The molecule has 2 nitrogen and oxygen atoms in total. The standard InChI is InChI=1S/C32H26O2S2/c33-29(27-17-7-5-8-18-27)21-11-1-3-15-25-35-31-23-13-14-24-32(31)36-26-16-4-2-12-22-30(34)28-19-9-6-10-20-28/h1-26H/b3-1+,4-2+,21-11+,22-12+,25-15+,26-16+. The Hall–Kier alpha value is -3.86. The molecule has 0 aliphatic heterocycles. The predicted molar refractivity (Wildman–Crippen MR) is 155 cm³/mol. The van der Waals surface area contributed by atoms with E-state index in [0.717, 1.165) is 9.79 Å². The summed E-state index contributed by atoms with van der Waals surface area (Å²) in [6, 6.07) is 26.6. The summed E-state index contributed by atoms with van der Waals surface area (Å²) in [4.78, 5) is 26.4. The lowest BCUT2D eigenvalue weighted by Crippen LogP contribution is -1.92. The van der Waals surface area contributed by atoms with Gasteiger partial charge in [-0.15, -0.1) is 0 Å². The molecule has 178 valence electrons. The third-order valence-corrected chi connectivity index (χ3v) is 6.61. The minimum atomic E-state index is -0.0100. The molecule has 0 spiro atoms. The van der Waals surface area contributed by atoms with Gasteiger partial charge in [-0.3, -0.25) is 9.59 Å². The lowest BCUT2D eigenvalue weighted by atomic mass is 10.1. The van der Waals surface area contributed by atoms with Crippen LogP contribution in [0.25, 0.3) is 0 Å². The monoisotopic (exact) mass is 506 g/mol. The van der Waals surface area contributed by atoms with Crippen molar-refractivity contribution in [3.8, 4) is 0 Å². The second-order valence-electron chi connectivity index (χ2n) is 7.29. The molecule has 4 heteroatoms. The number of hydrogen-bond donors (Lipinski definition) is 0. The molecule has 0 fully saturated rings. The SMILES string of the molecule is O=C(/C=C/C=C/C=C/Sc1ccccc1S/C=C/C=C/C=C/C(=O)c1ccccc1)c1ccccc1. The van der Waals surface area contributed by atoms with Gasteiger partial charge in [0, 0.05) is 20.9 Å². The number of rotatable bonds is 12. The third-order valence-electron chi connectivity index (χ3n) is 4.67. The number of carbonyl (C=O) groups excluding carboxylic acids is 2. The Morgan fingerprint density at radius 1 is 0.444 bits per heavy atom. The minimum Gasteiger partial charge on any atom is -0.289 e. The maximum absolute atomic E-state index is 12.0. The summed E-state index contributed by atoms with van der Waals surface area (Å²) in [7, 11) is 0. The van der Waals surface area contributed by atoms with Crippen LogP contribution < -0.4 is 0 Å². The van der Waals surface area contributed by atoms with E-state index in [1.54, 1.807) is 72.1 Å². The molecule has 0 saturated heterocycles. The highest BCUT2D eigenvalue weighted by Gasteiger charge is 2.00. The van der Waals surface area contributed by atoms with Crippen molar-refractivity contribution in [2.45, 2.75) is 9.79 Å². The fourth-order valence-electron chi connectivity index (χ4n) is 2.90. The molecule has 0 aliphatic carbocycles. The Morgan fingerprint density at radius 3 is 1.22 bits per heavy atom. The average Bonchev–Trinajstić information content (AvgIpc) is 2.93. The molecule has 0 heterocycles. The van der Waals surface area contributed by atoms with Crippen LogP contribution in [0.5, 0.6) is 0 Å². The highest BCUT2D eigenvalue weighted by Crippen LogP contribution is 2.32. The van der Waals surface area contributed by atoms with Gasteiger partial charge in [-0.25, -0.2) is 0 Å². The van der Waals surface area contributed by atoms with E-state index in [1.165, 1.54) is 0 Å². The summed E-state index contributed by atoms with van der Waals surface area (Å²) in [5.74, 6) is -0.0201. The molecule has 0 radical (unpaired) electrons. The summed E-state index contributed by atoms with van der Waals surface area (Å²) in [5, 5.41) is 4.03. The van der Waals surface area contributed by atoms with Crippen LogP contribution in [-0.4, -0.2) is 11.6 Å². The summed E-state index contributed by atoms with van der Waals surface area (Å²) in [6.45, 7) is 0. The lowest BCUT2D eigenvalue weighted by molar-refractivity contribution is 0.103. The fourth-order valence-corrected chi connectivity index (χ4v) is 4.50. The zero-order valence-corrected chi connectivity index (χ0v) is 21.3. The largest absolute Gasteiger partial charge is 0.289 e. The summed E-state index contributed by atoms with van der Waals surface area (Å²) in [5.41, 5.74) is 1.36. The average molecular weight is 507 g/mol. The Kier molecular flexibility index (Phi) is 11.8. The van der Waals surface area contributed by atoms with Gasteiger partial charge < -0.3 is 0 Å². The molecule has 0 N–H and O–H groups in total. The molecule has 0 unspecified atom stereocenters. The van der Waals surface area contributed by atoms with Crippen molar-refractivity contribution in [3.63, 3.8) is 0 Å². The van der Waals surface area contributed by atoms with Crippen molar-refractivity contribution in [2.24, 2.45) is 0 Å². The van der Waals surface area contributed by atoms with Crippen LogP contribution in [0.1, 0.15) is 20.7 Å². The number of benzene rings is 3. The van der Waals surface area contributed by atoms with E-state index >= 15 is 0 Å². The first-order valence-electron chi connectivity index (χ1n) is 11.3. The first-order chi connectivity index (χ1) is 17.7. The van der Waals surface area contributed by atoms with E-state index in [1.807, 2.05) is 95.8 Å². The molecule has 3 rings (SSSR count). The molecule has 0 bridgehead atoms. The van der Waals surface area contributed by atoms with Gasteiger partial charge in [-0.1, -0.05) is 145 Å². The van der Waals surface area contributed by atoms with Crippen LogP contribution in [0.15, 0.2) is 166 Å². The van der Waals surface area contributed by atoms with Crippen molar-refractivity contribution in [3.05, 3.63) is 168 Å². The molecule has 0 saturated carbocycles. The zero-order valence-electron chi connectivity index (χ0n) is 19.6. The molecule has 3 aromatic rings. The number of allylic oxidation sites excluding steroid dienone is 10. The lowest BCUT2D eigenvalue weighted by Gasteiger charge is -2.03. The first kappa shape index (κ1) is 26.7. The molecule has 0 atom stereocenters. The first-order valence-corrected chi connectivity index (χ1v) is 13.1. The minimum absolute atomic E-state index is 0.0100. The van der Waals surface area contributed by atoms with Crippen molar-refractivity contribution in [1.82, 2.24) is 0 Å². The Bertz CT molecular complexity index is 1200. The summed E-state index contributed by atoms with van der Waals surface area (Å²) < 4.78 is 0. The van der Waals surface area contributed by atoms with Crippen molar-refractivity contribution >= 4 is 35.1 Å². The van der Waals surface area contributed by atoms with E-state index in [9.17, 15) is 9.59 Å². The number of hydrogen-bond acceptors (Lipinski definition) is 4. The molecule has 36 heavy (non-hydrogen) atoms. The van der Waals surface area contributed by atoms with Crippen molar-refractivity contribution in [2.75, 3.05) is 0 Å². The third kappa shape index (κ3) is 9.79. The van der Waals surface area contributed by atoms with Crippen LogP contribution in [0.4, 0.5) is 0 Å².